The molecule has 3 nitrogen and oxygen atoms in total. The average molecular weight is 345 g/mol. The van der Waals surface area contributed by atoms with E-state index in [0.717, 1.165) is 23.0 Å². The Balaban J connectivity index is 2.02. The van der Waals surface area contributed by atoms with E-state index in [9.17, 15) is 4.79 Å². The lowest BCUT2D eigenvalue weighted by Crippen LogP contribution is -2.42. The standard InChI is InChI=1S/C17H17BrN2O/c1-11-6-7-12-4-2-3-5-16(12)20(11)17(21)13-8-9-14(18)15(19)10-13/h2-5,8-11H,6-7,19H2,1H3. The number of para-hydroxylation sites is 1. The van der Waals surface area contributed by atoms with Crippen LogP contribution >= 0.6 is 15.9 Å². The van der Waals surface area contributed by atoms with Crippen molar-refractivity contribution in [1.82, 2.24) is 0 Å². The molecular formula is C17H17BrN2O. The molecule has 0 bridgehead atoms. The largest absolute Gasteiger partial charge is 0.398 e. The van der Waals surface area contributed by atoms with Crippen LogP contribution in [-0.4, -0.2) is 11.9 Å². The van der Waals surface area contributed by atoms with Crippen LogP contribution in [0.15, 0.2) is 46.9 Å². The van der Waals surface area contributed by atoms with E-state index in [2.05, 4.69) is 28.9 Å². The fourth-order valence-corrected chi connectivity index (χ4v) is 3.06. The smallest absolute Gasteiger partial charge is 0.258 e. The van der Waals surface area contributed by atoms with Gasteiger partial charge in [-0.2, -0.15) is 0 Å². The fraction of sp³-hybridized carbons (Fsp3) is 0.235. The lowest BCUT2D eigenvalue weighted by atomic mass is 9.95. The predicted octanol–water partition coefficient (Wildman–Crippen LogP) is 4.01. The van der Waals surface area contributed by atoms with Crippen molar-refractivity contribution >= 4 is 33.2 Å². The molecule has 1 aliphatic heterocycles. The van der Waals surface area contributed by atoms with Crippen molar-refractivity contribution in [2.75, 3.05) is 10.6 Å². The summed E-state index contributed by atoms with van der Waals surface area (Å²) in [4.78, 5) is 14.8. The molecule has 2 aromatic rings. The summed E-state index contributed by atoms with van der Waals surface area (Å²) in [5.74, 6) is 0.00819. The van der Waals surface area contributed by atoms with Crippen LogP contribution in [0.1, 0.15) is 29.3 Å². The van der Waals surface area contributed by atoms with E-state index in [1.165, 1.54) is 5.56 Å². The molecule has 21 heavy (non-hydrogen) atoms. The molecule has 3 rings (SSSR count). The summed E-state index contributed by atoms with van der Waals surface area (Å²) in [5.41, 5.74) is 9.35. The van der Waals surface area contributed by atoms with Gasteiger partial charge < -0.3 is 10.6 Å². The molecule has 0 aliphatic carbocycles. The summed E-state index contributed by atoms with van der Waals surface area (Å²) in [6.45, 7) is 2.09. The Hall–Kier alpha value is -1.81. The van der Waals surface area contributed by atoms with Crippen LogP contribution < -0.4 is 10.6 Å². The maximum atomic E-state index is 12.9. The van der Waals surface area contributed by atoms with Gasteiger partial charge in [0.15, 0.2) is 0 Å². The van der Waals surface area contributed by atoms with Crippen molar-refractivity contribution in [2.24, 2.45) is 0 Å². The number of nitrogens with two attached hydrogens (primary N) is 1. The average Bonchev–Trinajstić information content (AvgIpc) is 2.49. The summed E-state index contributed by atoms with van der Waals surface area (Å²) in [7, 11) is 0. The highest BCUT2D eigenvalue weighted by atomic mass is 79.9. The summed E-state index contributed by atoms with van der Waals surface area (Å²) < 4.78 is 0.811. The Bertz CT molecular complexity index is 699. The monoisotopic (exact) mass is 344 g/mol. The topological polar surface area (TPSA) is 46.3 Å². The number of nitrogens with zero attached hydrogens (tertiary/aromatic N) is 1. The minimum absolute atomic E-state index is 0.00819. The summed E-state index contributed by atoms with van der Waals surface area (Å²) >= 11 is 3.36. The molecule has 1 aliphatic rings. The predicted molar refractivity (Wildman–Crippen MR) is 89.6 cm³/mol. The molecule has 1 unspecified atom stereocenters. The van der Waals surface area contributed by atoms with Gasteiger partial charge in [-0.3, -0.25) is 4.79 Å². The minimum atomic E-state index is 0.00819. The zero-order valence-electron chi connectivity index (χ0n) is 11.8. The van der Waals surface area contributed by atoms with Crippen LogP contribution in [0.5, 0.6) is 0 Å². The number of hydrogen-bond donors (Lipinski definition) is 1. The van der Waals surface area contributed by atoms with Crippen LogP contribution in [0.3, 0.4) is 0 Å². The SMILES string of the molecule is CC1CCc2ccccc2N1C(=O)c1ccc(Br)c(N)c1. The Kier molecular flexibility index (Phi) is 3.72. The van der Waals surface area contributed by atoms with Crippen LogP contribution in [0, 0.1) is 0 Å². The summed E-state index contributed by atoms with van der Waals surface area (Å²) in [6.07, 6.45) is 2.00. The van der Waals surface area contributed by atoms with E-state index >= 15 is 0 Å². The third kappa shape index (κ3) is 2.56. The van der Waals surface area contributed by atoms with E-state index in [4.69, 9.17) is 5.73 Å². The van der Waals surface area contributed by atoms with Crippen LogP contribution in [0.25, 0.3) is 0 Å². The minimum Gasteiger partial charge on any atom is -0.398 e. The molecule has 1 atom stereocenters. The first kappa shape index (κ1) is 14.1. The number of nitrogen functional groups attached to an aromatic ring is 1. The first-order valence-electron chi connectivity index (χ1n) is 7.04. The number of carbonyl (C=O) groups is 1. The number of halogens is 1. The van der Waals surface area contributed by atoms with Crippen molar-refractivity contribution < 1.29 is 4.79 Å². The van der Waals surface area contributed by atoms with Crippen molar-refractivity contribution in [1.29, 1.82) is 0 Å². The normalized spacial score (nSPS) is 17.4. The molecule has 0 radical (unpaired) electrons. The van der Waals surface area contributed by atoms with Gasteiger partial charge in [0.1, 0.15) is 0 Å². The van der Waals surface area contributed by atoms with Crippen LogP contribution in [-0.2, 0) is 6.42 Å². The molecule has 2 N–H and O–H groups in total. The number of rotatable bonds is 1. The van der Waals surface area contributed by atoms with Crippen molar-refractivity contribution in [3.8, 4) is 0 Å². The van der Waals surface area contributed by atoms with Crippen molar-refractivity contribution in [3.63, 3.8) is 0 Å². The highest BCUT2D eigenvalue weighted by Gasteiger charge is 2.28. The van der Waals surface area contributed by atoms with E-state index < -0.39 is 0 Å². The molecule has 0 fully saturated rings. The third-order valence-corrected chi connectivity index (χ3v) is 4.71. The van der Waals surface area contributed by atoms with Crippen LogP contribution in [0.4, 0.5) is 11.4 Å². The van der Waals surface area contributed by atoms with Gasteiger partial charge in [0.05, 0.1) is 0 Å². The molecule has 2 aromatic carbocycles. The zero-order valence-corrected chi connectivity index (χ0v) is 13.4. The highest BCUT2D eigenvalue weighted by Crippen LogP contribution is 2.32. The fourth-order valence-electron chi connectivity index (χ4n) is 2.81. The van der Waals surface area contributed by atoms with Crippen molar-refractivity contribution in [2.45, 2.75) is 25.8 Å². The van der Waals surface area contributed by atoms with E-state index in [1.54, 1.807) is 6.07 Å². The molecule has 0 saturated carbocycles. The van der Waals surface area contributed by atoms with Crippen LogP contribution in [0.2, 0.25) is 0 Å². The van der Waals surface area contributed by atoms with E-state index in [0.29, 0.717) is 11.3 Å². The first-order valence-corrected chi connectivity index (χ1v) is 7.83. The number of benzene rings is 2. The molecule has 1 amide bonds. The zero-order chi connectivity index (χ0) is 15.0. The molecule has 1 heterocycles. The Morgan fingerprint density at radius 3 is 2.81 bits per heavy atom. The van der Waals surface area contributed by atoms with Gasteiger partial charge in [0.25, 0.3) is 5.91 Å². The third-order valence-electron chi connectivity index (χ3n) is 3.99. The Morgan fingerprint density at radius 2 is 2.05 bits per heavy atom. The van der Waals surface area contributed by atoms with Crippen molar-refractivity contribution in [3.05, 3.63) is 58.1 Å². The molecule has 4 heteroatoms. The van der Waals surface area contributed by atoms with E-state index in [1.807, 2.05) is 35.2 Å². The Morgan fingerprint density at radius 1 is 1.29 bits per heavy atom. The van der Waals surface area contributed by atoms with Gasteiger partial charge >= 0.3 is 0 Å². The number of anilines is 2. The quantitative estimate of drug-likeness (QED) is 0.794. The molecular weight excluding hydrogens is 328 g/mol. The van der Waals surface area contributed by atoms with Gasteiger partial charge in [0, 0.05) is 27.5 Å². The molecule has 108 valence electrons. The number of fused-ring (bicyclic) bond motifs is 1. The second-order valence-electron chi connectivity index (χ2n) is 5.43. The van der Waals surface area contributed by atoms with Gasteiger partial charge in [0.2, 0.25) is 0 Å². The molecule has 0 saturated heterocycles. The van der Waals surface area contributed by atoms with Gasteiger partial charge in [-0.1, -0.05) is 18.2 Å². The molecule has 0 spiro atoms. The second-order valence-corrected chi connectivity index (χ2v) is 6.28. The van der Waals surface area contributed by atoms with Gasteiger partial charge in [-0.05, 0) is 65.5 Å². The Labute approximate surface area is 132 Å². The lowest BCUT2D eigenvalue weighted by Gasteiger charge is -2.35. The first-order chi connectivity index (χ1) is 10.1. The van der Waals surface area contributed by atoms with E-state index in [-0.39, 0.29) is 11.9 Å². The molecule has 0 aromatic heterocycles. The number of carbonyl (C=O) groups excluding carboxylic acids is 1. The lowest BCUT2D eigenvalue weighted by molar-refractivity contribution is 0.0975. The number of amides is 1. The van der Waals surface area contributed by atoms with Gasteiger partial charge in [-0.15, -0.1) is 0 Å². The number of aryl methyl sites for hydroxylation is 1. The van der Waals surface area contributed by atoms with Gasteiger partial charge in [-0.25, -0.2) is 0 Å². The summed E-state index contributed by atoms with van der Waals surface area (Å²) in [6, 6.07) is 13.7. The maximum absolute atomic E-state index is 12.9. The maximum Gasteiger partial charge on any atom is 0.258 e. The number of hydrogen-bond acceptors (Lipinski definition) is 2. The summed E-state index contributed by atoms with van der Waals surface area (Å²) in [5, 5.41) is 0. The highest BCUT2D eigenvalue weighted by molar-refractivity contribution is 9.10. The second kappa shape index (κ2) is 5.53.